The molecule has 35 heavy (non-hydrogen) atoms. The van der Waals surface area contributed by atoms with Gasteiger partial charge in [0.15, 0.2) is 0 Å². The van der Waals surface area contributed by atoms with Crippen LogP contribution >= 0.6 is 24.0 Å². The Labute approximate surface area is 218 Å². The van der Waals surface area contributed by atoms with Crippen molar-refractivity contribution in [2.75, 3.05) is 44.7 Å². The maximum absolute atomic E-state index is 13.7. The van der Waals surface area contributed by atoms with Gasteiger partial charge in [0.25, 0.3) is 0 Å². The fraction of sp³-hybridized carbons (Fsp3) is 0.481. The van der Waals surface area contributed by atoms with Gasteiger partial charge in [0, 0.05) is 32.2 Å². The lowest BCUT2D eigenvalue weighted by Crippen LogP contribution is -2.40. The third-order valence-electron chi connectivity index (χ3n) is 7.10. The molecule has 2 aromatic rings. The Morgan fingerprint density at radius 3 is 2.49 bits per heavy atom. The van der Waals surface area contributed by atoms with Crippen molar-refractivity contribution in [3.63, 3.8) is 0 Å². The Balaban J connectivity index is 0.00000342. The summed E-state index contributed by atoms with van der Waals surface area (Å²) in [6.45, 7) is 3.96. The summed E-state index contributed by atoms with van der Waals surface area (Å²) >= 11 is 6.01. The SMILES string of the molecule is CN1CC(C(=O)N(CCCN2CCC(Cc3ccccc3)CC2)c2ccc(F)c(Cl)c2)CC1=O.Cl. The van der Waals surface area contributed by atoms with Crippen molar-refractivity contribution in [2.45, 2.75) is 32.1 Å². The van der Waals surface area contributed by atoms with Gasteiger partial charge < -0.3 is 14.7 Å². The van der Waals surface area contributed by atoms with Gasteiger partial charge in [-0.05, 0) is 75.0 Å². The molecular weight excluding hydrogens is 488 g/mol. The number of halogens is 3. The lowest BCUT2D eigenvalue weighted by molar-refractivity contribution is -0.127. The van der Waals surface area contributed by atoms with Crippen molar-refractivity contribution >= 4 is 41.5 Å². The van der Waals surface area contributed by atoms with Crippen LogP contribution in [0.5, 0.6) is 0 Å². The summed E-state index contributed by atoms with van der Waals surface area (Å²) in [5.41, 5.74) is 1.99. The Bertz CT molecular complexity index is 999. The highest BCUT2D eigenvalue weighted by molar-refractivity contribution is 6.31. The molecule has 0 radical (unpaired) electrons. The van der Waals surface area contributed by atoms with Crippen molar-refractivity contribution < 1.29 is 14.0 Å². The molecular formula is C27H34Cl2FN3O2. The first-order valence-electron chi connectivity index (χ1n) is 12.2. The summed E-state index contributed by atoms with van der Waals surface area (Å²) in [5, 5.41) is -0.00425. The average Bonchev–Trinajstić information content (AvgIpc) is 3.18. The number of piperidine rings is 1. The molecule has 1 atom stereocenters. The van der Waals surface area contributed by atoms with Gasteiger partial charge >= 0.3 is 0 Å². The summed E-state index contributed by atoms with van der Waals surface area (Å²) in [7, 11) is 1.72. The molecule has 1 unspecified atom stereocenters. The smallest absolute Gasteiger partial charge is 0.232 e. The van der Waals surface area contributed by atoms with Crippen LogP contribution in [0.15, 0.2) is 48.5 Å². The Morgan fingerprint density at radius 2 is 1.86 bits per heavy atom. The van der Waals surface area contributed by atoms with Crippen LogP contribution in [0.2, 0.25) is 5.02 Å². The van der Waals surface area contributed by atoms with E-state index in [1.165, 1.54) is 30.5 Å². The predicted octanol–water partition coefficient (Wildman–Crippen LogP) is 5.06. The number of nitrogens with zero attached hydrogens (tertiary/aromatic N) is 3. The molecule has 4 rings (SSSR count). The van der Waals surface area contributed by atoms with Crippen molar-refractivity contribution in [3.05, 3.63) is 64.9 Å². The number of amides is 2. The molecule has 0 aliphatic carbocycles. The Kier molecular flexibility index (Phi) is 9.96. The van der Waals surface area contributed by atoms with Crippen molar-refractivity contribution in [1.29, 1.82) is 0 Å². The van der Waals surface area contributed by atoms with Gasteiger partial charge in [-0.3, -0.25) is 9.59 Å². The van der Waals surface area contributed by atoms with Crippen molar-refractivity contribution in [1.82, 2.24) is 9.80 Å². The van der Waals surface area contributed by atoms with Gasteiger partial charge in [-0.2, -0.15) is 0 Å². The third-order valence-corrected chi connectivity index (χ3v) is 7.39. The minimum absolute atomic E-state index is 0. The fourth-order valence-corrected chi connectivity index (χ4v) is 5.26. The Morgan fingerprint density at radius 1 is 1.14 bits per heavy atom. The minimum atomic E-state index is -0.507. The van der Waals surface area contributed by atoms with Crippen LogP contribution in [-0.4, -0.2) is 61.4 Å². The second-order valence-corrected chi connectivity index (χ2v) is 10.00. The molecule has 2 aliphatic heterocycles. The highest BCUT2D eigenvalue weighted by atomic mass is 35.5. The molecule has 5 nitrogen and oxygen atoms in total. The largest absolute Gasteiger partial charge is 0.345 e. The molecule has 0 N–H and O–H groups in total. The van der Waals surface area contributed by atoms with E-state index < -0.39 is 5.82 Å². The number of benzene rings is 2. The van der Waals surface area contributed by atoms with Crippen molar-refractivity contribution in [3.8, 4) is 0 Å². The van der Waals surface area contributed by atoms with E-state index in [-0.39, 0.29) is 41.6 Å². The first-order chi connectivity index (χ1) is 16.4. The lowest BCUT2D eigenvalue weighted by Gasteiger charge is -2.33. The molecule has 2 amide bonds. The van der Waals surface area contributed by atoms with E-state index in [0.29, 0.717) is 18.8 Å². The van der Waals surface area contributed by atoms with Crippen LogP contribution in [0.1, 0.15) is 31.2 Å². The first-order valence-corrected chi connectivity index (χ1v) is 12.5. The molecule has 0 saturated carbocycles. The topological polar surface area (TPSA) is 43.9 Å². The molecule has 0 spiro atoms. The number of rotatable bonds is 8. The van der Waals surface area contributed by atoms with E-state index in [0.717, 1.165) is 38.4 Å². The zero-order valence-corrected chi connectivity index (χ0v) is 21.7. The van der Waals surface area contributed by atoms with Crippen LogP contribution in [0, 0.1) is 17.7 Å². The molecule has 2 aromatic carbocycles. The summed E-state index contributed by atoms with van der Waals surface area (Å²) < 4.78 is 13.7. The van der Waals surface area contributed by atoms with E-state index in [1.54, 1.807) is 22.9 Å². The number of carbonyl (C=O) groups is 2. The second-order valence-electron chi connectivity index (χ2n) is 9.59. The molecule has 8 heteroatoms. The van der Waals surface area contributed by atoms with Crippen LogP contribution in [-0.2, 0) is 16.0 Å². The summed E-state index contributed by atoms with van der Waals surface area (Å²) in [6.07, 6.45) is 4.52. The predicted molar refractivity (Wildman–Crippen MR) is 141 cm³/mol. The molecule has 0 aromatic heterocycles. The van der Waals surface area contributed by atoms with E-state index in [2.05, 4.69) is 35.2 Å². The molecule has 2 heterocycles. The van der Waals surface area contributed by atoms with Gasteiger partial charge in [0.2, 0.25) is 11.8 Å². The van der Waals surface area contributed by atoms with E-state index >= 15 is 0 Å². The number of carbonyl (C=O) groups excluding carboxylic acids is 2. The minimum Gasteiger partial charge on any atom is -0.345 e. The van der Waals surface area contributed by atoms with Gasteiger partial charge in [-0.1, -0.05) is 41.9 Å². The molecule has 190 valence electrons. The van der Waals surface area contributed by atoms with Crippen LogP contribution in [0.4, 0.5) is 10.1 Å². The number of likely N-dealkylation sites (tertiary alicyclic amines) is 2. The zero-order chi connectivity index (χ0) is 24.1. The highest BCUT2D eigenvalue weighted by Crippen LogP contribution is 2.27. The second kappa shape index (κ2) is 12.7. The van der Waals surface area contributed by atoms with E-state index in [9.17, 15) is 14.0 Å². The molecule has 2 saturated heterocycles. The van der Waals surface area contributed by atoms with E-state index in [1.807, 2.05) is 0 Å². The highest BCUT2D eigenvalue weighted by Gasteiger charge is 2.35. The summed E-state index contributed by atoms with van der Waals surface area (Å²) in [6, 6.07) is 15.1. The standard InChI is InChI=1S/C27H33ClFN3O2.ClH/c1-30-19-22(17-26(30)33)27(34)32(23-8-9-25(29)24(28)18-23)13-5-12-31-14-10-21(11-15-31)16-20-6-3-2-4-7-20;/h2-4,6-9,18,21-22H,5,10-17,19H2,1H3;1H. The van der Waals surface area contributed by atoms with Crippen LogP contribution in [0.25, 0.3) is 0 Å². The number of hydrogen-bond acceptors (Lipinski definition) is 3. The third kappa shape index (κ3) is 7.18. The molecule has 2 aliphatic rings. The average molecular weight is 522 g/mol. The summed E-state index contributed by atoms with van der Waals surface area (Å²) in [4.78, 5) is 31.1. The molecule has 0 bridgehead atoms. The maximum Gasteiger partial charge on any atom is 0.232 e. The summed E-state index contributed by atoms with van der Waals surface area (Å²) in [5.74, 6) is -0.284. The normalized spacial score (nSPS) is 19.0. The Hall–Kier alpha value is -2.15. The van der Waals surface area contributed by atoms with Gasteiger partial charge in [-0.15, -0.1) is 12.4 Å². The van der Waals surface area contributed by atoms with Gasteiger partial charge in [0.05, 0.1) is 10.9 Å². The van der Waals surface area contributed by atoms with E-state index in [4.69, 9.17) is 11.6 Å². The zero-order valence-electron chi connectivity index (χ0n) is 20.2. The lowest BCUT2D eigenvalue weighted by atomic mass is 9.90. The van der Waals surface area contributed by atoms with Crippen LogP contribution < -0.4 is 4.90 Å². The van der Waals surface area contributed by atoms with Gasteiger partial charge in [-0.25, -0.2) is 4.39 Å². The fourth-order valence-electron chi connectivity index (χ4n) is 5.08. The monoisotopic (exact) mass is 521 g/mol. The van der Waals surface area contributed by atoms with Crippen LogP contribution in [0.3, 0.4) is 0 Å². The van der Waals surface area contributed by atoms with Crippen molar-refractivity contribution in [2.24, 2.45) is 11.8 Å². The maximum atomic E-state index is 13.7. The number of hydrogen-bond donors (Lipinski definition) is 0. The number of anilines is 1. The quantitative estimate of drug-likeness (QED) is 0.487. The van der Waals surface area contributed by atoms with Gasteiger partial charge in [0.1, 0.15) is 5.82 Å². The molecule has 2 fully saturated rings. The first kappa shape index (κ1) is 27.4.